The Morgan fingerprint density at radius 2 is 2.21 bits per heavy atom. The molecule has 0 unspecified atom stereocenters. The first kappa shape index (κ1) is 10.4. The van der Waals surface area contributed by atoms with Crippen LogP contribution in [0.25, 0.3) is 0 Å². The van der Waals surface area contributed by atoms with Crippen LogP contribution in [0.1, 0.15) is 17.2 Å². The van der Waals surface area contributed by atoms with Crippen molar-refractivity contribution >= 4 is 22.6 Å². The van der Waals surface area contributed by atoms with Gasteiger partial charge in [0.15, 0.2) is 0 Å². The van der Waals surface area contributed by atoms with Gasteiger partial charge in [0, 0.05) is 0 Å². The van der Waals surface area contributed by atoms with Gasteiger partial charge in [-0.1, -0.05) is 46.9 Å². The molecule has 0 fully saturated rings. The largest absolute Gasteiger partial charge is 0.387 e. The zero-order valence-corrected chi connectivity index (χ0v) is 9.86. The minimum absolute atomic E-state index is 0.0992. The molecule has 1 aromatic rings. The number of halogens is 1. The number of hydrogen-bond donors (Lipinski definition) is 3. The van der Waals surface area contributed by atoms with E-state index >= 15 is 0 Å². The topological polar surface area (TPSA) is 44.3 Å². The number of fused-ring (bicyclic) bond motifs is 1. The summed E-state index contributed by atoms with van der Waals surface area (Å²) in [4.78, 5) is 0. The number of alkyl halides is 1. The Hall–Kier alpha value is -0.170. The molecule has 2 atom stereocenters. The number of hydrogen-bond acceptors (Lipinski definition) is 3. The van der Waals surface area contributed by atoms with E-state index in [0.29, 0.717) is 0 Å². The van der Waals surface area contributed by atoms with E-state index in [0.717, 1.165) is 16.5 Å². The van der Waals surface area contributed by atoms with Crippen LogP contribution in [0.4, 0.5) is 0 Å². The first-order valence-corrected chi connectivity index (χ1v) is 6.15. The summed E-state index contributed by atoms with van der Waals surface area (Å²) in [7, 11) is 0. The quantitative estimate of drug-likeness (QED) is 0.339. The summed E-state index contributed by atoms with van der Waals surface area (Å²) in [5, 5.41) is 9.96. The Balaban J connectivity index is 2.09. The lowest BCUT2D eigenvalue weighted by Crippen LogP contribution is -2.42. The molecule has 1 aromatic carbocycles. The molecule has 0 radical (unpaired) electrons. The lowest BCUT2D eigenvalue weighted by Gasteiger charge is -2.16. The van der Waals surface area contributed by atoms with Crippen LogP contribution in [0.2, 0.25) is 0 Å². The van der Waals surface area contributed by atoms with Crippen LogP contribution in [0, 0.1) is 0 Å². The number of rotatable bonds is 3. The first-order chi connectivity index (χ1) is 6.83. The minimum Gasteiger partial charge on any atom is -0.387 e. The van der Waals surface area contributed by atoms with Gasteiger partial charge in [0.2, 0.25) is 0 Å². The standard InChI is InChI=1S/C10H13IN2O/c11-6-12-13-9-5-7-3-1-2-4-8(7)10(9)14/h1-4,9-10,12-14H,5-6H2/t9-,10-/m0/s1. The van der Waals surface area contributed by atoms with Crippen molar-refractivity contribution in [1.29, 1.82) is 0 Å². The Kier molecular flexibility index (Phi) is 3.38. The zero-order valence-electron chi connectivity index (χ0n) is 7.70. The van der Waals surface area contributed by atoms with E-state index in [1.54, 1.807) is 0 Å². The highest BCUT2D eigenvalue weighted by molar-refractivity contribution is 14.1. The molecule has 0 aliphatic heterocycles. The van der Waals surface area contributed by atoms with E-state index in [9.17, 15) is 5.11 Å². The molecule has 76 valence electrons. The van der Waals surface area contributed by atoms with Crippen molar-refractivity contribution in [2.24, 2.45) is 0 Å². The fourth-order valence-corrected chi connectivity index (χ4v) is 2.09. The van der Waals surface area contributed by atoms with Gasteiger partial charge in [-0.15, -0.1) is 0 Å². The van der Waals surface area contributed by atoms with E-state index in [1.807, 2.05) is 18.2 Å². The van der Waals surface area contributed by atoms with Crippen LogP contribution < -0.4 is 10.9 Å². The monoisotopic (exact) mass is 304 g/mol. The number of aliphatic hydroxyl groups is 1. The fraction of sp³-hybridized carbons (Fsp3) is 0.400. The van der Waals surface area contributed by atoms with Gasteiger partial charge in [-0.3, -0.25) is 5.43 Å². The molecule has 0 amide bonds. The number of benzene rings is 1. The molecule has 0 saturated heterocycles. The van der Waals surface area contributed by atoms with Crippen LogP contribution in [-0.4, -0.2) is 15.7 Å². The lowest BCUT2D eigenvalue weighted by molar-refractivity contribution is 0.135. The number of hydrazine groups is 1. The normalized spacial score (nSPS) is 25.0. The van der Waals surface area contributed by atoms with Gasteiger partial charge in [0.25, 0.3) is 0 Å². The molecule has 4 heteroatoms. The van der Waals surface area contributed by atoms with Crippen molar-refractivity contribution in [3.8, 4) is 0 Å². The second-order valence-electron chi connectivity index (χ2n) is 3.41. The van der Waals surface area contributed by atoms with Crippen molar-refractivity contribution in [3.63, 3.8) is 0 Å². The summed E-state index contributed by atoms with van der Waals surface area (Å²) < 4.78 is 0.831. The minimum atomic E-state index is -0.387. The van der Waals surface area contributed by atoms with E-state index in [1.165, 1.54) is 5.56 Å². The van der Waals surface area contributed by atoms with Gasteiger partial charge < -0.3 is 5.11 Å². The lowest BCUT2D eigenvalue weighted by atomic mass is 10.1. The molecular weight excluding hydrogens is 291 g/mol. The highest BCUT2D eigenvalue weighted by atomic mass is 127. The summed E-state index contributed by atoms with van der Waals surface area (Å²) in [6.07, 6.45) is 0.502. The summed E-state index contributed by atoms with van der Waals surface area (Å²) in [6, 6.07) is 8.15. The maximum absolute atomic E-state index is 9.96. The van der Waals surface area contributed by atoms with Crippen molar-refractivity contribution in [1.82, 2.24) is 10.9 Å². The zero-order chi connectivity index (χ0) is 9.97. The maximum Gasteiger partial charge on any atom is 0.0962 e. The van der Waals surface area contributed by atoms with Gasteiger partial charge in [-0.05, 0) is 17.5 Å². The van der Waals surface area contributed by atoms with Crippen molar-refractivity contribution in [2.45, 2.75) is 18.6 Å². The summed E-state index contributed by atoms with van der Waals surface area (Å²) in [6.45, 7) is 0. The average Bonchev–Trinajstić information content (AvgIpc) is 2.54. The molecule has 0 aromatic heterocycles. The molecule has 0 spiro atoms. The highest BCUT2D eigenvalue weighted by Crippen LogP contribution is 2.30. The summed E-state index contributed by atoms with van der Waals surface area (Å²) in [5.74, 6) is 0. The third-order valence-corrected chi connectivity index (χ3v) is 2.93. The van der Waals surface area contributed by atoms with Gasteiger partial charge in [-0.2, -0.15) is 0 Å². The van der Waals surface area contributed by atoms with Crippen LogP contribution >= 0.6 is 22.6 Å². The molecule has 2 rings (SSSR count). The van der Waals surface area contributed by atoms with Crippen LogP contribution in [0.5, 0.6) is 0 Å². The average molecular weight is 304 g/mol. The van der Waals surface area contributed by atoms with Crippen molar-refractivity contribution < 1.29 is 5.11 Å². The van der Waals surface area contributed by atoms with Gasteiger partial charge in [-0.25, -0.2) is 5.43 Å². The molecular formula is C10H13IN2O. The first-order valence-electron chi connectivity index (χ1n) is 4.63. The SMILES string of the molecule is O[C@H]1c2ccccc2C[C@@H]1NNCI. The van der Waals surface area contributed by atoms with Crippen molar-refractivity contribution in [3.05, 3.63) is 35.4 Å². The second-order valence-corrected chi connectivity index (χ2v) is 4.17. The Labute approximate surface area is 97.0 Å². The van der Waals surface area contributed by atoms with Gasteiger partial charge in [0.05, 0.1) is 16.7 Å². The number of nitrogens with one attached hydrogen (secondary N) is 2. The third kappa shape index (κ3) is 1.93. The van der Waals surface area contributed by atoms with E-state index in [4.69, 9.17) is 0 Å². The molecule has 1 aliphatic carbocycles. The van der Waals surface area contributed by atoms with Crippen LogP contribution in [0.3, 0.4) is 0 Å². The van der Waals surface area contributed by atoms with E-state index in [-0.39, 0.29) is 12.1 Å². The molecule has 0 bridgehead atoms. The summed E-state index contributed by atoms with van der Waals surface area (Å²) >= 11 is 2.23. The van der Waals surface area contributed by atoms with Crippen LogP contribution in [-0.2, 0) is 6.42 Å². The maximum atomic E-state index is 9.96. The molecule has 1 aliphatic rings. The summed E-state index contributed by atoms with van der Waals surface area (Å²) in [5.41, 5.74) is 8.45. The van der Waals surface area contributed by atoms with Crippen molar-refractivity contribution in [2.75, 3.05) is 4.55 Å². The number of aliphatic hydroxyl groups excluding tert-OH is 1. The van der Waals surface area contributed by atoms with E-state index < -0.39 is 0 Å². The van der Waals surface area contributed by atoms with Crippen LogP contribution in [0.15, 0.2) is 24.3 Å². The predicted octanol–water partition coefficient (Wildman–Crippen LogP) is 1.13. The molecule has 0 heterocycles. The third-order valence-electron chi connectivity index (χ3n) is 2.55. The molecule has 14 heavy (non-hydrogen) atoms. The molecule has 3 nitrogen and oxygen atoms in total. The smallest absolute Gasteiger partial charge is 0.0962 e. The Bertz CT molecular complexity index is 319. The predicted molar refractivity (Wildman–Crippen MR) is 64.1 cm³/mol. The molecule has 3 N–H and O–H groups in total. The Morgan fingerprint density at radius 3 is 2.93 bits per heavy atom. The fourth-order valence-electron chi connectivity index (χ4n) is 1.87. The second kappa shape index (κ2) is 4.57. The van der Waals surface area contributed by atoms with E-state index in [2.05, 4.69) is 39.5 Å². The highest BCUT2D eigenvalue weighted by Gasteiger charge is 2.29. The van der Waals surface area contributed by atoms with Gasteiger partial charge in [0.1, 0.15) is 0 Å². The molecule has 0 saturated carbocycles. The Morgan fingerprint density at radius 1 is 1.43 bits per heavy atom. The van der Waals surface area contributed by atoms with Gasteiger partial charge >= 0.3 is 0 Å².